The van der Waals surface area contributed by atoms with Crippen molar-refractivity contribution in [3.63, 3.8) is 0 Å². The van der Waals surface area contributed by atoms with Crippen LogP contribution in [0.15, 0.2) is 27.8 Å². The summed E-state index contributed by atoms with van der Waals surface area (Å²) in [4.78, 5) is 44.5. The predicted octanol–water partition coefficient (Wildman–Crippen LogP) is -0.499. The van der Waals surface area contributed by atoms with Crippen molar-refractivity contribution in [3.05, 3.63) is 24.2 Å². The fraction of sp³-hybridized carbons (Fsp3) is 0.467. The van der Waals surface area contributed by atoms with Crippen LogP contribution in [0.1, 0.15) is 5.76 Å². The lowest BCUT2D eigenvalue weighted by molar-refractivity contribution is -0.136. The topological polar surface area (TPSA) is 98.5 Å². The monoisotopic (exact) mass is 333 g/mol. The zero-order chi connectivity index (χ0) is 17.3. The third-order valence-electron chi connectivity index (χ3n) is 4.18. The van der Waals surface area contributed by atoms with Crippen LogP contribution in [-0.2, 0) is 16.0 Å². The molecule has 2 unspecified atom stereocenters. The molecule has 1 aromatic rings. The van der Waals surface area contributed by atoms with Crippen LogP contribution in [-0.4, -0.2) is 78.3 Å². The predicted molar refractivity (Wildman–Crippen MR) is 84.1 cm³/mol. The molecule has 4 amide bonds. The average Bonchev–Trinajstić information content (AvgIpc) is 3.21. The van der Waals surface area contributed by atoms with Gasteiger partial charge < -0.3 is 19.5 Å². The molecule has 1 fully saturated rings. The number of likely N-dealkylation sites (N-methyl/N-ethyl adjacent to an activating group) is 2. The Morgan fingerprint density at radius 1 is 1.38 bits per heavy atom. The van der Waals surface area contributed by atoms with Gasteiger partial charge in [-0.2, -0.15) is 0 Å². The second-order valence-electron chi connectivity index (χ2n) is 5.77. The summed E-state index contributed by atoms with van der Waals surface area (Å²) >= 11 is 0. The highest BCUT2D eigenvalue weighted by Crippen LogP contribution is 2.24. The van der Waals surface area contributed by atoms with E-state index >= 15 is 0 Å². The van der Waals surface area contributed by atoms with Crippen molar-refractivity contribution in [3.8, 4) is 0 Å². The van der Waals surface area contributed by atoms with Gasteiger partial charge in [-0.1, -0.05) is 0 Å². The van der Waals surface area contributed by atoms with Gasteiger partial charge in [-0.3, -0.25) is 14.5 Å². The number of rotatable bonds is 5. The molecule has 2 aliphatic rings. The first-order chi connectivity index (χ1) is 11.5. The summed E-state index contributed by atoms with van der Waals surface area (Å²) in [6.45, 7) is 0.447. The fourth-order valence-electron chi connectivity index (χ4n) is 2.84. The maximum absolute atomic E-state index is 12.3. The smallest absolute Gasteiger partial charge is 0.328 e. The zero-order valence-corrected chi connectivity index (χ0v) is 13.5. The molecule has 9 nitrogen and oxygen atoms in total. The average molecular weight is 333 g/mol. The minimum Gasteiger partial charge on any atom is -0.469 e. The van der Waals surface area contributed by atoms with Crippen LogP contribution in [0.25, 0.3) is 0 Å². The van der Waals surface area contributed by atoms with E-state index in [1.165, 1.54) is 18.3 Å². The Bertz CT molecular complexity index is 671. The highest BCUT2D eigenvalue weighted by atomic mass is 16.3. The first-order valence-corrected chi connectivity index (χ1v) is 7.61. The van der Waals surface area contributed by atoms with Gasteiger partial charge in [0.25, 0.3) is 5.91 Å². The number of hydrogen-bond acceptors (Lipinski definition) is 6. The molecule has 3 rings (SSSR count). The first kappa shape index (κ1) is 16.0. The summed E-state index contributed by atoms with van der Waals surface area (Å²) in [6, 6.07) is 2.57. The molecular weight excluding hydrogens is 314 g/mol. The molecule has 3 heterocycles. The lowest BCUT2D eigenvalue weighted by atomic mass is 10.1. The fourth-order valence-corrected chi connectivity index (χ4v) is 2.84. The highest BCUT2D eigenvalue weighted by Gasteiger charge is 2.48. The summed E-state index contributed by atoms with van der Waals surface area (Å²) in [5, 5.41) is 2.78. The lowest BCUT2D eigenvalue weighted by Crippen LogP contribution is -2.64. The first-order valence-electron chi connectivity index (χ1n) is 7.61. The Labute approximate surface area is 138 Å². The molecule has 0 saturated carbocycles. The Balaban J connectivity index is 1.55. The van der Waals surface area contributed by atoms with Gasteiger partial charge in [0.05, 0.1) is 19.1 Å². The van der Waals surface area contributed by atoms with Crippen LogP contribution in [0.4, 0.5) is 4.79 Å². The van der Waals surface area contributed by atoms with Crippen LogP contribution in [0.5, 0.6) is 0 Å². The number of carbonyl (C=O) groups is 3. The van der Waals surface area contributed by atoms with Crippen LogP contribution < -0.4 is 5.32 Å². The SMILES string of the molecule is CN1C(=O)C2C(N=CN2CC(=O)NCCc2ccco2)N(C)C1=O. The third-order valence-corrected chi connectivity index (χ3v) is 4.18. The number of urea groups is 1. The van der Waals surface area contributed by atoms with Gasteiger partial charge in [0.1, 0.15) is 5.76 Å². The van der Waals surface area contributed by atoms with E-state index in [2.05, 4.69) is 10.3 Å². The number of furan rings is 1. The minimum absolute atomic E-state index is 0.00440. The van der Waals surface area contributed by atoms with Gasteiger partial charge in [-0.05, 0) is 12.1 Å². The van der Waals surface area contributed by atoms with Crippen molar-refractivity contribution < 1.29 is 18.8 Å². The van der Waals surface area contributed by atoms with Crippen LogP contribution in [0.3, 0.4) is 0 Å². The van der Waals surface area contributed by atoms with Gasteiger partial charge in [0.15, 0.2) is 12.2 Å². The van der Waals surface area contributed by atoms with E-state index in [1.54, 1.807) is 24.3 Å². The van der Waals surface area contributed by atoms with Gasteiger partial charge in [-0.15, -0.1) is 0 Å². The van der Waals surface area contributed by atoms with Crippen molar-refractivity contribution in [2.45, 2.75) is 18.6 Å². The van der Waals surface area contributed by atoms with Gasteiger partial charge in [0.2, 0.25) is 5.91 Å². The summed E-state index contributed by atoms with van der Waals surface area (Å²) in [5.74, 6) is 0.218. The summed E-state index contributed by atoms with van der Waals surface area (Å²) in [5.41, 5.74) is 0. The van der Waals surface area contributed by atoms with Crippen molar-refractivity contribution >= 4 is 24.2 Å². The summed E-state index contributed by atoms with van der Waals surface area (Å²) in [6.07, 6.45) is 3.05. The molecule has 1 N–H and O–H groups in total. The number of nitrogens with zero attached hydrogens (tertiary/aromatic N) is 4. The standard InChI is InChI=1S/C15H19N5O4/c1-18-13-12(14(22)19(2)15(18)23)20(9-17-13)8-11(21)16-6-5-10-4-3-7-24-10/h3-4,7,9,12-13H,5-6,8H2,1-2H3,(H,16,21). The Kier molecular flexibility index (Phi) is 4.24. The number of fused-ring (bicyclic) bond motifs is 1. The van der Waals surface area contributed by atoms with E-state index in [1.807, 2.05) is 6.07 Å². The van der Waals surface area contributed by atoms with E-state index in [4.69, 9.17) is 4.42 Å². The lowest BCUT2D eigenvalue weighted by Gasteiger charge is -2.39. The van der Waals surface area contributed by atoms with Crippen molar-refractivity contribution in [2.75, 3.05) is 27.2 Å². The minimum atomic E-state index is -0.659. The highest BCUT2D eigenvalue weighted by molar-refractivity contribution is 6.02. The van der Waals surface area contributed by atoms with E-state index in [0.717, 1.165) is 10.7 Å². The van der Waals surface area contributed by atoms with Gasteiger partial charge in [0, 0.05) is 27.1 Å². The van der Waals surface area contributed by atoms with E-state index in [-0.39, 0.29) is 18.4 Å². The molecule has 2 atom stereocenters. The van der Waals surface area contributed by atoms with Gasteiger partial charge >= 0.3 is 6.03 Å². The number of hydrogen-bond donors (Lipinski definition) is 1. The molecule has 1 aromatic heterocycles. The zero-order valence-electron chi connectivity index (χ0n) is 13.5. The Morgan fingerprint density at radius 2 is 2.17 bits per heavy atom. The normalized spacial score (nSPS) is 23.0. The van der Waals surface area contributed by atoms with Crippen molar-refractivity contribution in [1.82, 2.24) is 20.0 Å². The molecule has 9 heteroatoms. The summed E-state index contributed by atoms with van der Waals surface area (Å²) in [7, 11) is 3.02. The van der Waals surface area contributed by atoms with E-state index in [9.17, 15) is 14.4 Å². The third kappa shape index (κ3) is 2.84. The molecule has 0 aromatic carbocycles. The molecule has 0 spiro atoms. The molecule has 0 aliphatic carbocycles. The quantitative estimate of drug-likeness (QED) is 0.783. The maximum atomic E-state index is 12.3. The van der Waals surface area contributed by atoms with Crippen molar-refractivity contribution in [2.24, 2.45) is 4.99 Å². The Morgan fingerprint density at radius 3 is 2.88 bits per heavy atom. The van der Waals surface area contributed by atoms with E-state index in [0.29, 0.717) is 13.0 Å². The molecule has 1 saturated heterocycles. The van der Waals surface area contributed by atoms with Gasteiger partial charge in [-0.25, -0.2) is 9.79 Å². The largest absolute Gasteiger partial charge is 0.469 e. The second-order valence-corrected chi connectivity index (χ2v) is 5.77. The number of amides is 4. The summed E-state index contributed by atoms with van der Waals surface area (Å²) < 4.78 is 5.20. The molecule has 0 radical (unpaired) electrons. The van der Waals surface area contributed by atoms with Crippen LogP contribution in [0, 0.1) is 0 Å². The molecule has 2 aliphatic heterocycles. The Hall–Kier alpha value is -2.84. The van der Waals surface area contributed by atoms with E-state index < -0.39 is 18.2 Å². The van der Waals surface area contributed by atoms with Crippen LogP contribution >= 0.6 is 0 Å². The number of aliphatic imine (C=N–C) groups is 1. The van der Waals surface area contributed by atoms with Crippen molar-refractivity contribution in [1.29, 1.82) is 0 Å². The van der Waals surface area contributed by atoms with Crippen LogP contribution in [0.2, 0.25) is 0 Å². The number of nitrogens with one attached hydrogen (secondary N) is 1. The molecule has 0 bridgehead atoms. The molecule has 24 heavy (non-hydrogen) atoms. The number of imide groups is 1. The molecule has 128 valence electrons. The maximum Gasteiger partial charge on any atom is 0.328 e. The second kappa shape index (κ2) is 6.34. The molecular formula is C15H19N5O4. The number of carbonyl (C=O) groups excluding carboxylic acids is 3.